The molecule has 2 aromatic carbocycles. The molecule has 8 heteroatoms. The normalized spacial score (nSPS) is 15.1. The average Bonchev–Trinajstić information content (AvgIpc) is 3.23. The molecule has 3 heterocycles. The maximum atomic E-state index is 13.4. The first-order valence-electron chi connectivity index (χ1n) is 10.1. The van der Waals surface area contributed by atoms with Gasteiger partial charge < -0.3 is 10.6 Å². The van der Waals surface area contributed by atoms with Crippen LogP contribution in [0.25, 0.3) is 11.4 Å². The van der Waals surface area contributed by atoms with Gasteiger partial charge in [0.2, 0.25) is 5.95 Å². The second-order valence-corrected chi connectivity index (χ2v) is 8.30. The van der Waals surface area contributed by atoms with Crippen LogP contribution < -0.4 is 10.6 Å². The summed E-state index contributed by atoms with van der Waals surface area (Å²) in [4.78, 5) is 22.2. The second-order valence-electron chi connectivity index (χ2n) is 7.38. The highest BCUT2D eigenvalue weighted by atomic mass is 79.9. The van der Waals surface area contributed by atoms with E-state index in [9.17, 15) is 4.79 Å². The van der Waals surface area contributed by atoms with E-state index in [2.05, 4.69) is 36.5 Å². The molecule has 0 saturated heterocycles. The van der Waals surface area contributed by atoms with Crippen molar-refractivity contribution in [3.8, 4) is 11.4 Å². The minimum atomic E-state index is -0.449. The minimum Gasteiger partial charge on any atom is -0.328 e. The number of anilines is 2. The monoisotopic (exact) mass is 486 g/mol. The number of nitrogens with one attached hydrogen (secondary N) is 2. The molecule has 1 atom stereocenters. The molecule has 0 bridgehead atoms. The van der Waals surface area contributed by atoms with E-state index in [0.717, 1.165) is 27.0 Å². The van der Waals surface area contributed by atoms with Crippen LogP contribution in [0.2, 0.25) is 0 Å². The topological polar surface area (TPSA) is 84.7 Å². The average molecular weight is 487 g/mol. The number of halogens is 1. The predicted octanol–water partition coefficient (Wildman–Crippen LogP) is 5.03. The van der Waals surface area contributed by atoms with Crippen LogP contribution in [0.15, 0.2) is 94.9 Å². The van der Waals surface area contributed by atoms with E-state index in [4.69, 9.17) is 5.10 Å². The Morgan fingerprint density at radius 2 is 1.84 bits per heavy atom. The summed E-state index contributed by atoms with van der Waals surface area (Å²) in [6.07, 6.45) is 3.41. The zero-order valence-electron chi connectivity index (χ0n) is 17.2. The van der Waals surface area contributed by atoms with Crippen LogP contribution in [0.4, 0.5) is 11.6 Å². The van der Waals surface area contributed by atoms with Crippen molar-refractivity contribution in [1.82, 2.24) is 19.7 Å². The first-order valence-corrected chi connectivity index (χ1v) is 10.9. The number of para-hydroxylation sites is 1. The number of allylic oxidation sites excluding steroid dienone is 1. The summed E-state index contributed by atoms with van der Waals surface area (Å²) in [5.74, 6) is 0.945. The van der Waals surface area contributed by atoms with Gasteiger partial charge in [-0.3, -0.25) is 9.78 Å². The Hall–Kier alpha value is -3.78. The van der Waals surface area contributed by atoms with Crippen molar-refractivity contribution in [2.75, 3.05) is 10.6 Å². The Kier molecular flexibility index (Phi) is 5.28. The van der Waals surface area contributed by atoms with Crippen molar-refractivity contribution >= 4 is 33.5 Å². The van der Waals surface area contributed by atoms with Crippen molar-refractivity contribution in [1.29, 1.82) is 0 Å². The third kappa shape index (κ3) is 3.80. The molecule has 4 aromatic rings. The second kappa shape index (κ2) is 8.39. The highest BCUT2D eigenvalue weighted by Gasteiger charge is 2.34. The van der Waals surface area contributed by atoms with Crippen LogP contribution >= 0.6 is 15.9 Å². The Morgan fingerprint density at radius 3 is 2.59 bits per heavy atom. The van der Waals surface area contributed by atoms with Gasteiger partial charge in [-0.25, -0.2) is 4.68 Å². The van der Waals surface area contributed by atoms with E-state index in [0.29, 0.717) is 17.3 Å². The predicted molar refractivity (Wildman–Crippen MR) is 127 cm³/mol. The lowest BCUT2D eigenvalue weighted by atomic mass is 9.95. The fourth-order valence-electron chi connectivity index (χ4n) is 3.77. The number of pyridine rings is 1. The molecule has 1 unspecified atom stereocenters. The van der Waals surface area contributed by atoms with Crippen LogP contribution in [0.1, 0.15) is 18.5 Å². The number of benzene rings is 2. The molecular formula is C24H19BrN6O. The third-order valence-electron chi connectivity index (χ3n) is 5.23. The molecule has 1 aliphatic rings. The van der Waals surface area contributed by atoms with E-state index >= 15 is 0 Å². The molecular weight excluding hydrogens is 468 g/mol. The molecule has 0 spiro atoms. The lowest BCUT2D eigenvalue weighted by Crippen LogP contribution is -2.31. The maximum Gasteiger partial charge on any atom is 0.255 e. The standard InChI is InChI=1S/C24H19BrN6O/c1-15-20(23(32)28-19-8-3-2-4-9-19)21(17-6-5-7-18(25)14-17)31-24(27-15)29-22(30-31)16-10-12-26-13-11-16/h2-14,21H,1H3,(H,28,32)(H,27,29,30). The SMILES string of the molecule is CC1=C(C(=O)Nc2ccccc2)C(c2cccc(Br)c2)n2nc(-c3ccncc3)nc2N1. The van der Waals surface area contributed by atoms with Gasteiger partial charge >= 0.3 is 0 Å². The van der Waals surface area contributed by atoms with Crippen LogP contribution in [0, 0.1) is 0 Å². The third-order valence-corrected chi connectivity index (χ3v) is 5.73. The molecule has 2 N–H and O–H groups in total. The van der Waals surface area contributed by atoms with Gasteiger partial charge in [-0.15, -0.1) is 5.10 Å². The molecule has 2 aromatic heterocycles. The molecule has 0 fully saturated rings. The Bertz CT molecular complexity index is 1320. The summed E-state index contributed by atoms with van der Waals surface area (Å²) in [7, 11) is 0. The fraction of sp³-hybridized carbons (Fsp3) is 0.0833. The smallest absolute Gasteiger partial charge is 0.255 e. The zero-order chi connectivity index (χ0) is 22.1. The Labute approximate surface area is 193 Å². The Balaban J connectivity index is 1.62. The van der Waals surface area contributed by atoms with E-state index in [-0.39, 0.29) is 5.91 Å². The number of fused-ring (bicyclic) bond motifs is 1. The van der Waals surface area contributed by atoms with E-state index in [1.165, 1.54) is 0 Å². The molecule has 1 amide bonds. The van der Waals surface area contributed by atoms with Crippen LogP contribution in [0.3, 0.4) is 0 Å². The van der Waals surface area contributed by atoms with Crippen molar-refractivity contribution in [3.05, 3.63) is 100 Å². The highest BCUT2D eigenvalue weighted by Crippen LogP contribution is 2.37. The van der Waals surface area contributed by atoms with E-state index < -0.39 is 6.04 Å². The lowest BCUT2D eigenvalue weighted by Gasteiger charge is -2.28. The van der Waals surface area contributed by atoms with Crippen LogP contribution in [-0.2, 0) is 4.79 Å². The van der Waals surface area contributed by atoms with Crippen LogP contribution in [-0.4, -0.2) is 25.7 Å². The summed E-state index contributed by atoms with van der Waals surface area (Å²) in [6, 6.07) is 20.6. The quantitative estimate of drug-likeness (QED) is 0.422. The first-order chi connectivity index (χ1) is 15.6. The number of nitrogens with zero attached hydrogens (tertiary/aromatic N) is 4. The van der Waals surface area contributed by atoms with Crippen LogP contribution in [0.5, 0.6) is 0 Å². The van der Waals surface area contributed by atoms with Gasteiger partial charge in [-0.2, -0.15) is 4.98 Å². The van der Waals surface area contributed by atoms with Gasteiger partial charge in [0.1, 0.15) is 6.04 Å². The van der Waals surface area contributed by atoms with Gasteiger partial charge in [-0.1, -0.05) is 46.3 Å². The van der Waals surface area contributed by atoms with Gasteiger partial charge in [0.05, 0.1) is 5.57 Å². The number of hydrogen-bond donors (Lipinski definition) is 2. The molecule has 32 heavy (non-hydrogen) atoms. The molecule has 158 valence electrons. The number of carbonyl (C=O) groups is 1. The summed E-state index contributed by atoms with van der Waals surface area (Å²) in [5.41, 5.74) is 3.80. The van der Waals surface area contributed by atoms with Crippen molar-refractivity contribution < 1.29 is 4.79 Å². The largest absolute Gasteiger partial charge is 0.328 e. The highest BCUT2D eigenvalue weighted by molar-refractivity contribution is 9.10. The van der Waals surface area contributed by atoms with Gasteiger partial charge in [-0.05, 0) is 48.9 Å². The summed E-state index contributed by atoms with van der Waals surface area (Å²) in [6.45, 7) is 1.88. The van der Waals surface area contributed by atoms with Crippen molar-refractivity contribution in [3.63, 3.8) is 0 Å². The molecule has 0 radical (unpaired) electrons. The van der Waals surface area contributed by atoms with Gasteiger partial charge in [0, 0.05) is 33.8 Å². The first kappa shape index (κ1) is 20.1. The fourth-order valence-corrected chi connectivity index (χ4v) is 4.19. The van der Waals surface area contributed by atoms with E-state index in [1.54, 1.807) is 17.1 Å². The number of carbonyl (C=O) groups excluding carboxylic acids is 1. The number of hydrogen-bond acceptors (Lipinski definition) is 5. The number of amides is 1. The van der Waals surface area contributed by atoms with Gasteiger partial charge in [0.25, 0.3) is 5.91 Å². The van der Waals surface area contributed by atoms with Gasteiger partial charge in [0.15, 0.2) is 5.82 Å². The van der Waals surface area contributed by atoms with Crippen molar-refractivity contribution in [2.45, 2.75) is 13.0 Å². The summed E-state index contributed by atoms with van der Waals surface area (Å²) < 4.78 is 2.69. The number of aromatic nitrogens is 4. The molecule has 1 aliphatic heterocycles. The number of rotatable bonds is 4. The maximum absolute atomic E-state index is 13.4. The van der Waals surface area contributed by atoms with Crippen molar-refractivity contribution in [2.24, 2.45) is 0 Å². The molecule has 0 saturated carbocycles. The molecule has 7 nitrogen and oxygen atoms in total. The summed E-state index contributed by atoms with van der Waals surface area (Å²) >= 11 is 3.55. The molecule has 5 rings (SSSR count). The molecule has 0 aliphatic carbocycles. The van der Waals surface area contributed by atoms with E-state index in [1.807, 2.05) is 73.7 Å². The zero-order valence-corrected chi connectivity index (χ0v) is 18.7. The lowest BCUT2D eigenvalue weighted by molar-refractivity contribution is -0.113. The summed E-state index contributed by atoms with van der Waals surface area (Å²) in [5, 5.41) is 11.0. The Morgan fingerprint density at radius 1 is 1.06 bits per heavy atom. The minimum absolute atomic E-state index is 0.196.